The van der Waals surface area contributed by atoms with E-state index in [1.807, 2.05) is 12.1 Å². The van der Waals surface area contributed by atoms with Crippen molar-refractivity contribution in [3.05, 3.63) is 33.3 Å². The van der Waals surface area contributed by atoms with Gasteiger partial charge in [0.15, 0.2) is 0 Å². The quantitative estimate of drug-likeness (QED) is 0.858. The van der Waals surface area contributed by atoms with E-state index in [1.165, 1.54) is 24.8 Å². The van der Waals surface area contributed by atoms with E-state index in [0.29, 0.717) is 6.04 Å². The van der Waals surface area contributed by atoms with E-state index in [9.17, 15) is 0 Å². The second-order valence-corrected chi connectivity index (χ2v) is 6.40. The molecule has 19 heavy (non-hydrogen) atoms. The van der Waals surface area contributed by atoms with Gasteiger partial charge in [0, 0.05) is 41.7 Å². The molecule has 1 heterocycles. The molecule has 1 aromatic rings. The third-order valence-electron chi connectivity index (χ3n) is 3.74. The van der Waals surface area contributed by atoms with Gasteiger partial charge in [-0.15, -0.1) is 0 Å². The van der Waals surface area contributed by atoms with Gasteiger partial charge in [0.05, 0.1) is 0 Å². The van der Waals surface area contributed by atoms with E-state index >= 15 is 0 Å². The van der Waals surface area contributed by atoms with E-state index < -0.39 is 0 Å². The molecule has 106 valence electrons. The summed E-state index contributed by atoms with van der Waals surface area (Å²) in [5.74, 6) is 0. The van der Waals surface area contributed by atoms with Gasteiger partial charge < -0.3 is 5.32 Å². The lowest BCUT2D eigenvalue weighted by Gasteiger charge is -2.35. The number of piperazine rings is 1. The SMILES string of the molecule is CCCC[C@@H](c1ccc(Cl)cc1Br)N1CCNCC1. The molecule has 0 radical (unpaired) electrons. The van der Waals surface area contributed by atoms with Crippen molar-refractivity contribution >= 4 is 27.5 Å². The third kappa shape index (κ3) is 4.19. The summed E-state index contributed by atoms with van der Waals surface area (Å²) in [6, 6.07) is 6.70. The topological polar surface area (TPSA) is 15.3 Å². The molecule has 0 spiro atoms. The molecule has 1 aliphatic heterocycles. The fourth-order valence-corrected chi connectivity index (χ4v) is 3.64. The van der Waals surface area contributed by atoms with Crippen LogP contribution in [0.4, 0.5) is 0 Å². The van der Waals surface area contributed by atoms with Crippen molar-refractivity contribution in [1.82, 2.24) is 10.2 Å². The number of nitrogens with zero attached hydrogens (tertiary/aromatic N) is 1. The fourth-order valence-electron chi connectivity index (χ4n) is 2.70. The average Bonchev–Trinajstić information content (AvgIpc) is 2.42. The average molecular weight is 346 g/mol. The van der Waals surface area contributed by atoms with Crippen molar-refractivity contribution in [3.8, 4) is 0 Å². The Balaban J connectivity index is 2.19. The van der Waals surface area contributed by atoms with Crippen molar-refractivity contribution in [2.24, 2.45) is 0 Å². The van der Waals surface area contributed by atoms with Crippen LogP contribution in [0.1, 0.15) is 37.8 Å². The highest BCUT2D eigenvalue weighted by atomic mass is 79.9. The van der Waals surface area contributed by atoms with Crippen LogP contribution >= 0.6 is 27.5 Å². The van der Waals surface area contributed by atoms with Crippen LogP contribution in [-0.2, 0) is 0 Å². The summed E-state index contributed by atoms with van der Waals surface area (Å²) in [4.78, 5) is 2.60. The van der Waals surface area contributed by atoms with Crippen molar-refractivity contribution < 1.29 is 0 Å². The molecule has 1 saturated heterocycles. The van der Waals surface area contributed by atoms with Crippen LogP contribution in [0.2, 0.25) is 5.02 Å². The summed E-state index contributed by atoms with van der Waals surface area (Å²) in [6.45, 7) is 6.69. The molecule has 1 atom stereocenters. The van der Waals surface area contributed by atoms with Crippen LogP contribution in [0.5, 0.6) is 0 Å². The lowest BCUT2D eigenvalue weighted by atomic mass is 9.99. The highest BCUT2D eigenvalue weighted by Gasteiger charge is 2.23. The Morgan fingerprint density at radius 2 is 2.11 bits per heavy atom. The third-order valence-corrected chi connectivity index (χ3v) is 4.67. The van der Waals surface area contributed by atoms with Crippen molar-refractivity contribution in [3.63, 3.8) is 0 Å². The number of benzene rings is 1. The van der Waals surface area contributed by atoms with Crippen LogP contribution in [0, 0.1) is 0 Å². The molecule has 0 unspecified atom stereocenters. The monoisotopic (exact) mass is 344 g/mol. The molecule has 0 amide bonds. The van der Waals surface area contributed by atoms with Gasteiger partial charge in [-0.2, -0.15) is 0 Å². The van der Waals surface area contributed by atoms with Gasteiger partial charge >= 0.3 is 0 Å². The molecule has 2 nitrogen and oxygen atoms in total. The fraction of sp³-hybridized carbons (Fsp3) is 0.600. The largest absolute Gasteiger partial charge is 0.314 e. The standard InChI is InChI=1S/C15H22BrClN2/c1-2-3-4-15(19-9-7-18-8-10-19)13-6-5-12(17)11-14(13)16/h5-6,11,15,18H,2-4,7-10H2,1H3/t15-/m0/s1. The zero-order valence-corrected chi connectivity index (χ0v) is 13.8. The van der Waals surface area contributed by atoms with E-state index in [2.05, 4.69) is 39.1 Å². The first-order valence-corrected chi connectivity index (χ1v) is 8.29. The lowest BCUT2D eigenvalue weighted by Crippen LogP contribution is -2.45. The second-order valence-electron chi connectivity index (χ2n) is 5.11. The predicted molar refractivity (Wildman–Crippen MR) is 85.9 cm³/mol. The van der Waals surface area contributed by atoms with Gasteiger partial charge in [0.25, 0.3) is 0 Å². The van der Waals surface area contributed by atoms with Crippen LogP contribution < -0.4 is 5.32 Å². The van der Waals surface area contributed by atoms with Gasteiger partial charge in [0.1, 0.15) is 0 Å². The maximum atomic E-state index is 6.06. The van der Waals surface area contributed by atoms with Crippen LogP contribution in [0.15, 0.2) is 22.7 Å². The summed E-state index contributed by atoms with van der Waals surface area (Å²) in [6.07, 6.45) is 3.73. The Kier molecular flexibility index (Phi) is 6.14. The Labute approximate surface area is 129 Å². The number of hydrogen-bond donors (Lipinski definition) is 1. The zero-order chi connectivity index (χ0) is 13.7. The first-order valence-electron chi connectivity index (χ1n) is 7.12. The smallest absolute Gasteiger partial charge is 0.0417 e. The normalized spacial score (nSPS) is 18.5. The molecule has 2 rings (SSSR count). The number of unbranched alkanes of at least 4 members (excludes halogenated alkanes) is 1. The highest BCUT2D eigenvalue weighted by molar-refractivity contribution is 9.10. The van der Waals surface area contributed by atoms with E-state index in [-0.39, 0.29) is 0 Å². The summed E-state index contributed by atoms with van der Waals surface area (Å²) in [5.41, 5.74) is 1.37. The maximum absolute atomic E-state index is 6.06. The van der Waals surface area contributed by atoms with E-state index in [4.69, 9.17) is 11.6 Å². The van der Waals surface area contributed by atoms with Gasteiger partial charge in [0.2, 0.25) is 0 Å². The number of halogens is 2. The van der Waals surface area contributed by atoms with Crippen molar-refractivity contribution in [2.45, 2.75) is 32.2 Å². The van der Waals surface area contributed by atoms with Crippen molar-refractivity contribution in [2.75, 3.05) is 26.2 Å². The molecule has 1 aliphatic rings. The second kappa shape index (κ2) is 7.63. The Hall–Kier alpha value is -0.0900. The molecular formula is C15H22BrClN2. The van der Waals surface area contributed by atoms with E-state index in [0.717, 1.165) is 35.7 Å². The molecule has 1 N–H and O–H groups in total. The van der Waals surface area contributed by atoms with Crippen LogP contribution in [-0.4, -0.2) is 31.1 Å². The van der Waals surface area contributed by atoms with Gasteiger partial charge in [-0.3, -0.25) is 4.90 Å². The van der Waals surface area contributed by atoms with E-state index in [1.54, 1.807) is 0 Å². The minimum absolute atomic E-state index is 0.508. The predicted octanol–water partition coefficient (Wildman–Crippen LogP) is 4.24. The highest BCUT2D eigenvalue weighted by Crippen LogP contribution is 2.33. The molecule has 4 heteroatoms. The molecule has 1 aromatic carbocycles. The summed E-state index contributed by atoms with van der Waals surface area (Å²) >= 11 is 9.74. The van der Waals surface area contributed by atoms with Gasteiger partial charge in [-0.1, -0.05) is 53.4 Å². The summed E-state index contributed by atoms with van der Waals surface area (Å²) in [7, 11) is 0. The molecule has 0 aliphatic carbocycles. The molecule has 0 aromatic heterocycles. The minimum atomic E-state index is 0.508. The van der Waals surface area contributed by atoms with Crippen LogP contribution in [0.3, 0.4) is 0 Å². The summed E-state index contributed by atoms with van der Waals surface area (Å²) < 4.78 is 1.14. The summed E-state index contributed by atoms with van der Waals surface area (Å²) in [5, 5.41) is 4.22. The van der Waals surface area contributed by atoms with Gasteiger partial charge in [-0.25, -0.2) is 0 Å². The lowest BCUT2D eigenvalue weighted by molar-refractivity contribution is 0.162. The first kappa shape index (κ1) is 15.3. The van der Waals surface area contributed by atoms with Crippen molar-refractivity contribution in [1.29, 1.82) is 0 Å². The maximum Gasteiger partial charge on any atom is 0.0417 e. The Morgan fingerprint density at radius 3 is 2.74 bits per heavy atom. The molecule has 0 bridgehead atoms. The Bertz CT molecular complexity index is 405. The molecular weight excluding hydrogens is 324 g/mol. The molecule has 0 saturated carbocycles. The molecule has 1 fully saturated rings. The number of hydrogen-bond acceptors (Lipinski definition) is 2. The first-order chi connectivity index (χ1) is 9.22. The number of rotatable bonds is 5. The number of nitrogens with one attached hydrogen (secondary N) is 1. The van der Waals surface area contributed by atoms with Crippen LogP contribution in [0.25, 0.3) is 0 Å². The minimum Gasteiger partial charge on any atom is -0.314 e. The van der Waals surface area contributed by atoms with Gasteiger partial charge in [-0.05, 0) is 24.1 Å². The Morgan fingerprint density at radius 1 is 1.37 bits per heavy atom. The zero-order valence-electron chi connectivity index (χ0n) is 11.5.